The number of aryl methyl sites for hydroxylation is 2. The second-order valence-corrected chi connectivity index (χ2v) is 11.1. The fourth-order valence-corrected chi connectivity index (χ4v) is 5.57. The van der Waals surface area contributed by atoms with Crippen molar-refractivity contribution >= 4 is 11.9 Å². The van der Waals surface area contributed by atoms with Crippen LogP contribution in [0, 0.1) is 25.5 Å². The van der Waals surface area contributed by atoms with E-state index in [-0.39, 0.29) is 29.0 Å². The first-order chi connectivity index (χ1) is 23.1. The van der Waals surface area contributed by atoms with Crippen LogP contribution in [-0.2, 0) is 27.1 Å². The number of rotatable bonds is 11. The number of nitrogens with one attached hydrogen (secondary N) is 1. The molecule has 0 saturated heterocycles. The summed E-state index contributed by atoms with van der Waals surface area (Å²) >= 11 is 0. The third-order valence-corrected chi connectivity index (χ3v) is 7.84. The smallest absolute Gasteiger partial charge is 0.420 e. The minimum absolute atomic E-state index is 0.0688. The van der Waals surface area contributed by atoms with E-state index in [2.05, 4.69) is 5.32 Å². The highest BCUT2D eigenvalue weighted by Gasteiger charge is 2.38. The number of amides is 1. The Morgan fingerprint density at radius 1 is 1.00 bits per heavy atom. The molecule has 9 nitrogen and oxygen atoms in total. The van der Waals surface area contributed by atoms with Gasteiger partial charge in [0.15, 0.2) is 5.75 Å². The maximum absolute atomic E-state index is 15.9. The normalized spacial score (nSPS) is 12.7. The molecule has 14 heteroatoms. The molecule has 1 heterocycles. The summed E-state index contributed by atoms with van der Waals surface area (Å²) in [6.07, 6.45) is -5.05. The lowest BCUT2D eigenvalue weighted by molar-refractivity contribution is -0.144. The minimum Gasteiger partial charge on any atom is -0.507 e. The summed E-state index contributed by atoms with van der Waals surface area (Å²) in [5, 5.41) is 22.8. The number of pyridine rings is 1. The van der Waals surface area contributed by atoms with Gasteiger partial charge in [-0.3, -0.25) is 19.0 Å². The lowest BCUT2D eigenvalue weighted by Gasteiger charge is -2.26. The topological polar surface area (TPSA) is 127 Å². The van der Waals surface area contributed by atoms with Crippen molar-refractivity contribution < 1.29 is 51.2 Å². The molecule has 0 bridgehead atoms. The fourth-order valence-electron chi connectivity index (χ4n) is 5.57. The van der Waals surface area contributed by atoms with Gasteiger partial charge >= 0.3 is 12.1 Å². The van der Waals surface area contributed by atoms with Crippen LogP contribution in [0.2, 0.25) is 0 Å². The lowest BCUT2D eigenvalue weighted by Crippen LogP contribution is -2.41. The van der Waals surface area contributed by atoms with Crippen molar-refractivity contribution in [2.45, 2.75) is 52.1 Å². The van der Waals surface area contributed by atoms with Gasteiger partial charge in [0.05, 0.1) is 32.8 Å². The van der Waals surface area contributed by atoms with Gasteiger partial charge in [-0.15, -0.1) is 0 Å². The van der Waals surface area contributed by atoms with Crippen LogP contribution < -0.4 is 15.6 Å². The number of methoxy groups -OCH3 is 1. The molecule has 3 N–H and O–H groups in total. The Bertz CT molecular complexity index is 1920. The summed E-state index contributed by atoms with van der Waals surface area (Å²) in [5.41, 5.74) is -2.21. The number of nitrogens with zero attached hydrogens (tertiary/aromatic N) is 1. The molecule has 0 aliphatic carbocycles. The van der Waals surface area contributed by atoms with Gasteiger partial charge < -0.3 is 25.0 Å². The number of hydrogen-bond donors (Lipinski definition) is 3. The van der Waals surface area contributed by atoms with Crippen LogP contribution in [0.1, 0.15) is 58.8 Å². The summed E-state index contributed by atoms with van der Waals surface area (Å²) in [6.45, 7) is 3.96. The molecule has 0 aliphatic heterocycles. The van der Waals surface area contributed by atoms with Gasteiger partial charge in [-0.1, -0.05) is 18.2 Å². The second kappa shape index (κ2) is 14.9. The predicted octanol–water partition coefficient (Wildman–Crippen LogP) is 6.04. The van der Waals surface area contributed by atoms with E-state index in [1.807, 2.05) is 0 Å². The number of aromatic nitrogens is 1. The van der Waals surface area contributed by atoms with Crippen LogP contribution in [0.25, 0.3) is 11.1 Å². The zero-order valence-electron chi connectivity index (χ0n) is 26.8. The van der Waals surface area contributed by atoms with Gasteiger partial charge in [0.1, 0.15) is 29.0 Å². The van der Waals surface area contributed by atoms with E-state index in [9.17, 15) is 37.8 Å². The largest absolute Gasteiger partial charge is 0.507 e. The molecule has 0 saturated carbocycles. The molecule has 1 amide bonds. The molecule has 0 radical (unpaired) electrons. The van der Waals surface area contributed by atoms with Crippen molar-refractivity contribution in [3.63, 3.8) is 0 Å². The Labute approximate surface area is 277 Å². The van der Waals surface area contributed by atoms with Crippen LogP contribution in [-0.4, -0.2) is 40.4 Å². The number of benzene rings is 3. The molecular weight excluding hydrogens is 655 g/mol. The zero-order valence-corrected chi connectivity index (χ0v) is 26.8. The van der Waals surface area contributed by atoms with Crippen LogP contribution in [0.5, 0.6) is 11.5 Å². The van der Waals surface area contributed by atoms with Gasteiger partial charge in [-0.25, -0.2) is 8.78 Å². The molecule has 1 unspecified atom stereocenters. The van der Waals surface area contributed by atoms with Gasteiger partial charge in [0.25, 0.3) is 5.56 Å². The SMILES string of the molecule is CCOC(=O)C[C@H](NC(=O)C(c1cc(CO)ccc1F)n1ccc(C(F)(F)F)c(OC)c1=O)c1cc(-c2c(C)cccc2O)cc(C)c1F. The van der Waals surface area contributed by atoms with Gasteiger partial charge in [0.2, 0.25) is 5.91 Å². The highest BCUT2D eigenvalue weighted by Crippen LogP contribution is 2.38. The molecule has 4 aromatic rings. The molecule has 0 aliphatic rings. The first-order valence-electron chi connectivity index (χ1n) is 14.9. The van der Waals surface area contributed by atoms with Crippen LogP contribution in [0.4, 0.5) is 22.0 Å². The third kappa shape index (κ3) is 7.75. The zero-order chi connectivity index (χ0) is 36.2. The standard InChI is InChI=1S/C35H33F5N2O7/c1-5-49-28(45)16-26(23-15-21(13-19(3)30(23)37)29-18(2)7-6-8-27(29)44)41-33(46)31(22-14-20(17-43)9-10-25(22)36)42-12-11-24(35(38,39)40)32(48-4)34(42)47/h6-15,26,31,43-44H,5,16-17H2,1-4H3,(H,41,46)/t26-,31?/m0/s1. The Hall–Kier alpha value is -5.24. The first-order valence-corrected chi connectivity index (χ1v) is 14.9. The van der Waals surface area contributed by atoms with Crippen LogP contribution in [0.15, 0.2) is 65.6 Å². The number of aliphatic hydroxyl groups excluding tert-OH is 1. The summed E-state index contributed by atoms with van der Waals surface area (Å²) < 4.78 is 82.9. The second-order valence-electron chi connectivity index (χ2n) is 11.1. The Morgan fingerprint density at radius 2 is 1.71 bits per heavy atom. The van der Waals surface area contributed by atoms with Crippen LogP contribution in [0.3, 0.4) is 0 Å². The third-order valence-electron chi connectivity index (χ3n) is 7.84. The van der Waals surface area contributed by atoms with Crippen molar-refractivity contribution in [1.29, 1.82) is 0 Å². The number of esters is 1. The van der Waals surface area contributed by atoms with Crippen molar-refractivity contribution in [3.8, 4) is 22.6 Å². The van der Waals surface area contributed by atoms with Gasteiger partial charge in [-0.05, 0) is 79.4 Å². The molecule has 4 rings (SSSR count). The Kier molecular flexibility index (Phi) is 11.1. The van der Waals surface area contributed by atoms with E-state index in [4.69, 9.17) is 9.47 Å². The minimum atomic E-state index is -5.03. The van der Waals surface area contributed by atoms with Crippen molar-refractivity contribution in [3.05, 3.63) is 116 Å². The fraction of sp³-hybridized carbons (Fsp3) is 0.286. The monoisotopic (exact) mass is 688 g/mol. The van der Waals surface area contributed by atoms with E-state index in [0.29, 0.717) is 33.5 Å². The molecular formula is C35H33F5N2O7. The molecule has 0 fully saturated rings. The molecule has 2 atom stereocenters. The van der Waals surface area contributed by atoms with E-state index in [0.717, 1.165) is 19.2 Å². The predicted molar refractivity (Wildman–Crippen MR) is 168 cm³/mol. The van der Waals surface area contributed by atoms with Crippen molar-refractivity contribution in [2.75, 3.05) is 13.7 Å². The van der Waals surface area contributed by atoms with Crippen molar-refractivity contribution in [2.24, 2.45) is 0 Å². The number of hydrogen-bond acceptors (Lipinski definition) is 7. The Balaban J connectivity index is 1.94. The summed E-state index contributed by atoms with van der Waals surface area (Å²) in [4.78, 5) is 40.5. The highest BCUT2D eigenvalue weighted by atomic mass is 19.4. The highest BCUT2D eigenvalue weighted by molar-refractivity contribution is 5.85. The quantitative estimate of drug-likeness (QED) is 0.130. The molecule has 1 aromatic heterocycles. The van der Waals surface area contributed by atoms with E-state index >= 15 is 8.78 Å². The Morgan fingerprint density at radius 3 is 2.33 bits per heavy atom. The molecule has 0 spiro atoms. The van der Waals surface area contributed by atoms with E-state index in [1.165, 1.54) is 38.1 Å². The number of phenolic OH excluding ortho intramolecular Hbond substituents is 1. The number of phenols is 1. The van der Waals surface area contributed by atoms with Crippen molar-refractivity contribution in [1.82, 2.24) is 9.88 Å². The number of aliphatic hydroxyl groups is 1. The summed E-state index contributed by atoms with van der Waals surface area (Å²) in [6, 6.07) is 7.54. The van der Waals surface area contributed by atoms with Gasteiger partial charge in [0, 0.05) is 22.9 Å². The van der Waals surface area contributed by atoms with Gasteiger partial charge in [-0.2, -0.15) is 13.2 Å². The average molecular weight is 689 g/mol. The summed E-state index contributed by atoms with van der Waals surface area (Å²) in [7, 11) is 0.818. The van der Waals surface area contributed by atoms with E-state index < -0.39 is 77.2 Å². The maximum atomic E-state index is 15.9. The lowest BCUT2D eigenvalue weighted by atomic mass is 9.92. The number of alkyl halides is 3. The number of aromatic hydroxyl groups is 1. The van der Waals surface area contributed by atoms with E-state index in [1.54, 1.807) is 19.1 Å². The molecule has 3 aromatic carbocycles. The van der Waals surface area contributed by atoms with Crippen LogP contribution >= 0.6 is 0 Å². The summed E-state index contributed by atoms with van der Waals surface area (Å²) in [5.74, 6) is -5.31. The first kappa shape index (κ1) is 36.6. The average Bonchev–Trinajstić information content (AvgIpc) is 3.03. The molecule has 49 heavy (non-hydrogen) atoms. The number of carbonyl (C=O) groups excluding carboxylic acids is 2. The maximum Gasteiger partial charge on any atom is 0.420 e. The molecule has 260 valence electrons. The number of halogens is 5. The number of carbonyl (C=O) groups is 2. The number of ether oxygens (including phenoxy) is 2.